The molecule has 5 rings (SSSR count). The number of ether oxygens (including phenoxy) is 1. The molecular formula is C27H33N8O3S+. The molecule has 0 saturated heterocycles. The quantitative estimate of drug-likeness (QED) is 0.227. The van der Waals surface area contributed by atoms with Crippen molar-refractivity contribution < 1.29 is 19.2 Å². The summed E-state index contributed by atoms with van der Waals surface area (Å²) >= 11 is 1.26. The van der Waals surface area contributed by atoms with Crippen molar-refractivity contribution in [2.75, 3.05) is 49.8 Å². The van der Waals surface area contributed by atoms with Gasteiger partial charge in [-0.25, -0.2) is 0 Å². The van der Waals surface area contributed by atoms with E-state index in [9.17, 15) is 9.59 Å². The van der Waals surface area contributed by atoms with E-state index < -0.39 is 5.91 Å². The third-order valence-corrected chi connectivity index (χ3v) is 7.84. The molecule has 1 aliphatic rings. The number of quaternary nitrogens is 1. The number of hydrogen-bond acceptors (Lipinski definition) is 8. The van der Waals surface area contributed by atoms with Crippen molar-refractivity contribution in [2.45, 2.75) is 25.7 Å². The van der Waals surface area contributed by atoms with Crippen LogP contribution < -0.4 is 30.9 Å². The average molecular weight is 550 g/mol. The number of carbonyl (C=O) groups excluding carboxylic acids is 2. The van der Waals surface area contributed by atoms with Crippen LogP contribution in [0.5, 0.6) is 5.75 Å². The monoisotopic (exact) mass is 549 g/mol. The maximum atomic E-state index is 13.2. The number of hydrogen-bond donors (Lipinski definition) is 5. The number of likely N-dealkylation sites (N-methyl/N-ethyl adjacent to an activating group) is 1. The van der Waals surface area contributed by atoms with Gasteiger partial charge in [0.2, 0.25) is 5.95 Å². The predicted molar refractivity (Wildman–Crippen MR) is 154 cm³/mol. The van der Waals surface area contributed by atoms with E-state index in [0.29, 0.717) is 52.5 Å². The highest BCUT2D eigenvalue weighted by molar-refractivity contribution is 7.12. The fraction of sp³-hybridized carbons (Fsp3) is 0.333. The molecule has 204 valence electrons. The number of rotatable bonds is 8. The molecule has 0 fully saturated rings. The number of nitrogens with one attached hydrogen (secondary N) is 4. The summed E-state index contributed by atoms with van der Waals surface area (Å²) in [4.78, 5) is 40.9. The van der Waals surface area contributed by atoms with Crippen molar-refractivity contribution in [1.29, 1.82) is 0 Å². The number of methoxy groups -OCH3 is 1. The zero-order chi connectivity index (χ0) is 27.9. The van der Waals surface area contributed by atoms with Gasteiger partial charge in [-0.15, -0.1) is 11.3 Å². The number of benzene rings is 1. The van der Waals surface area contributed by atoms with E-state index >= 15 is 0 Å². The van der Waals surface area contributed by atoms with E-state index in [1.807, 2.05) is 37.2 Å². The predicted octanol–water partition coefficient (Wildman–Crippen LogP) is 2.77. The number of anilines is 5. The van der Waals surface area contributed by atoms with Crippen molar-refractivity contribution in [3.63, 3.8) is 0 Å². The number of nitrogens with zero attached hydrogens (tertiary/aromatic N) is 3. The van der Waals surface area contributed by atoms with Gasteiger partial charge in [0.15, 0.2) is 6.54 Å². The number of aromatic nitrogens is 3. The van der Waals surface area contributed by atoms with Crippen LogP contribution in [0.4, 0.5) is 28.8 Å². The van der Waals surface area contributed by atoms with Gasteiger partial charge in [-0.1, -0.05) is 13.8 Å². The third-order valence-electron chi connectivity index (χ3n) is 6.91. The van der Waals surface area contributed by atoms with Crippen LogP contribution in [0.15, 0.2) is 35.8 Å². The second-order valence-corrected chi connectivity index (χ2v) is 11.5. The molecule has 4 aromatic rings. The molecule has 0 bridgehead atoms. The highest BCUT2D eigenvalue weighted by Crippen LogP contribution is 2.45. The number of H-pyrrole nitrogens is 1. The van der Waals surface area contributed by atoms with Crippen molar-refractivity contribution in [1.82, 2.24) is 15.0 Å². The first-order chi connectivity index (χ1) is 18.6. The van der Waals surface area contributed by atoms with Crippen LogP contribution in [0.2, 0.25) is 0 Å². The van der Waals surface area contributed by atoms with Crippen molar-refractivity contribution >= 4 is 63.0 Å². The number of primary amides is 1. The minimum absolute atomic E-state index is 0.0689. The number of amides is 2. The fourth-order valence-electron chi connectivity index (χ4n) is 4.84. The van der Waals surface area contributed by atoms with Gasteiger partial charge >= 0.3 is 0 Å². The molecule has 0 aliphatic carbocycles. The zero-order valence-corrected chi connectivity index (χ0v) is 23.5. The minimum Gasteiger partial charge on any atom is -0.495 e. The maximum absolute atomic E-state index is 13.2. The van der Waals surface area contributed by atoms with Crippen LogP contribution in [0.3, 0.4) is 0 Å². The number of aromatic amines is 1. The number of carbonyl (C=O) groups is 2. The van der Waals surface area contributed by atoms with Gasteiger partial charge in [0.25, 0.3) is 11.8 Å². The van der Waals surface area contributed by atoms with Gasteiger partial charge in [0.05, 0.1) is 38.0 Å². The van der Waals surface area contributed by atoms with E-state index in [0.717, 1.165) is 28.0 Å². The first kappa shape index (κ1) is 26.4. The summed E-state index contributed by atoms with van der Waals surface area (Å²) in [7, 11) is 5.55. The van der Waals surface area contributed by atoms with Crippen LogP contribution in [-0.4, -0.2) is 61.1 Å². The fourth-order valence-corrected chi connectivity index (χ4v) is 5.55. The minimum atomic E-state index is -0.512. The highest BCUT2D eigenvalue weighted by Gasteiger charge is 2.35. The molecule has 0 atom stereocenters. The van der Waals surface area contributed by atoms with Crippen LogP contribution in [-0.2, 0) is 10.2 Å². The first-order valence-corrected chi connectivity index (χ1v) is 13.5. The third kappa shape index (κ3) is 5.12. The Labute approximate surface area is 230 Å². The smallest absolute Gasteiger partial charge is 0.282 e. The molecule has 12 heteroatoms. The van der Waals surface area contributed by atoms with Gasteiger partial charge in [-0.2, -0.15) is 9.97 Å². The van der Waals surface area contributed by atoms with Crippen molar-refractivity contribution in [3.8, 4) is 5.75 Å². The topological polar surface area (TPSA) is 143 Å². The van der Waals surface area contributed by atoms with E-state index in [1.165, 1.54) is 11.3 Å². The molecule has 11 nitrogen and oxygen atoms in total. The highest BCUT2D eigenvalue weighted by atomic mass is 32.1. The van der Waals surface area contributed by atoms with Crippen molar-refractivity contribution in [3.05, 3.63) is 46.3 Å². The molecule has 4 heterocycles. The van der Waals surface area contributed by atoms with Gasteiger partial charge in [-0.3, -0.25) is 9.59 Å². The van der Waals surface area contributed by atoms with E-state index in [4.69, 9.17) is 15.5 Å². The molecule has 1 aliphatic heterocycles. The summed E-state index contributed by atoms with van der Waals surface area (Å²) in [5.41, 5.74) is 9.13. The van der Waals surface area contributed by atoms with Gasteiger partial charge in [0, 0.05) is 18.4 Å². The lowest BCUT2D eigenvalue weighted by Crippen LogP contribution is -3.07. The summed E-state index contributed by atoms with van der Waals surface area (Å²) in [6.07, 6.45) is 2.62. The Morgan fingerprint density at radius 2 is 2.00 bits per heavy atom. The number of fused-ring (bicyclic) bond motifs is 2. The van der Waals surface area contributed by atoms with Crippen molar-refractivity contribution in [2.24, 2.45) is 5.73 Å². The van der Waals surface area contributed by atoms with E-state index in [-0.39, 0.29) is 11.3 Å². The maximum Gasteiger partial charge on any atom is 0.282 e. The molecule has 2 amide bonds. The van der Waals surface area contributed by atoms with E-state index in [1.54, 1.807) is 24.8 Å². The van der Waals surface area contributed by atoms with Gasteiger partial charge < -0.3 is 35.9 Å². The van der Waals surface area contributed by atoms with E-state index in [2.05, 4.69) is 34.4 Å². The molecule has 39 heavy (non-hydrogen) atoms. The Hall–Kier alpha value is -4.16. The lowest BCUT2D eigenvalue weighted by atomic mass is 9.77. The Bertz CT molecular complexity index is 1560. The molecule has 1 aromatic carbocycles. The summed E-state index contributed by atoms with van der Waals surface area (Å²) < 4.78 is 5.77. The SMILES string of the molecule is COc1cc2c(cc1Nc1nc(Nc3ccsc3C(N)=O)c3cc[nH]c3n1)N(C(=O)C[NH+](C)C)CCC2(C)C. The normalized spacial score (nSPS) is 14.4. The average Bonchev–Trinajstić information content (AvgIpc) is 3.53. The first-order valence-electron chi connectivity index (χ1n) is 12.7. The Morgan fingerprint density at radius 1 is 1.21 bits per heavy atom. The number of nitrogens with two attached hydrogens (primary N) is 1. The Balaban J connectivity index is 1.56. The van der Waals surface area contributed by atoms with Crippen LogP contribution in [0.25, 0.3) is 11.0 Å². The van der Waals surface area contributed by atoms with Gasteiger partial charge in [-0.05, 0) is 47.0 Å². The summed E-state index contributed by atoms with van der Waals surface area (Å²) in [6.45, 7) is 5.40. The summed E-state index contributed by atoms with van der Waals surface area (Å²) in [5, 5.41) is 9.08. The molecule has 0 unspecified atom stereocenters. The molecular weight excluding hydrogens is 516 g/mol. The lowest BCUT2D eigenvalue weighted by Gasteiger charge is -2.39. The molecule has 0 saturated carbocycles. The molecule has 0 spiro atoms. The Morgan fingerprint density at radius 3 is 2.72 bits per heavy atom. The largest absolute Gasteiger partial charge is 0.495 e. The molecule has 6 N–H and O–H groups in total. The van der Waals surface area contributed by atoms with Crippen LogP contribution in [0, 0.1) is 0 Å². The Kier molecular flexibility index (Phi) is 6.91. The van der Waals surface area contributed by atoms with Gasteiger partial charge in [0.1, 0.15) is 22.1 Å². The summed E-state index contributed by atoms with van der Waals surface area (Å²) in [6, 6.07) is 7.58. The van der Waals surface area contributed by atoms with Crippen LogP contribution >= 0.6 is 11.3 Å². The molecule has 3 aromatic heterocycles. The summed E-state index contributed by atoms with van der Waals surface area (Å²) in [5.74, 6) is 0.995. The zero-order valence-electron chi connectivity index (χ0n) is 22.6. The second kappa shape index (κ2) is 10.2. The lowest BCUT2D eigenvalue weighted by molar-refractivity contribution is -0.849. The van der Waals surface area contributed by atoms with Crippen LogP contribution in [0.1, 0.15) is 35.5 Å². The number of thiophene rings is 1. The second-order valence-electron chi connectivity index (χ2n) is 10.5. The molecule has 0 radical (unpaired) electrons. The standard InChI is InChI=1S/C27H32N8O3S/c1-27(2)8-10-35(21(36)14-34(3)4)19-13-18(20(38-5)12-16(19)27)31-26-32-24-15(6-9-29-24)25(33-26)30-17-7-11-39-22(17)23(28)37/h6-7,9,11-13H,8,10,14H2,1-5H3,(H2,28,37)(H3,29,30,31,32,33)/p+1.